The quantitative estimate of drug-likeness (QED) is 0.761. The Balaban J connectivity index is 1.46. The summed E-state index contributed by atoms with van der Waals surface area (Å²) in [6, 6.07) is 8.17. The van der Waals surface area contributed by atoms with Gasteiger partial charge < -0.3 is 10.1 Å². The fraction of sp³-hybridized carbons (Fsp3) is 0.444. The number of amides is 1. The number of carbonyl (C=O) groups is 1. The van der Waals surface area contributed by atoms with E-state index in [9.17, 15) is 4.79 Å². The number of carbonyl (C=O) groups excluding carboxylic acids is 1. The lowest BCUT2D eigenvalue weighted by molar-refractivity contribution is 0.0935. The van der Waals surface area contributed by atoms with Crippen LogP contribution in [0.2, 0.25) is 5.02 Å². The zero-order valence-corrected chi connectivity index (χ0v) is 15.9. The number of hydrogen-bond acceptors (Lipinski definition) is 5. The summed E-state index contributed by atoms with van der Waals surface area (Å²) in [5, 5.41) is 6.17. The van der Waals surface area contributed by atoms with Gasteiger partial charge in [-0.1, -0.05) is 11.6 Å². The molecule has 0 bridgehead atoms. The van der Waals surface area contributed by atoms with Gasteiger partial charge >= 0.3 is 0 Å². The molecule has 0 spiro atoms. The molecule has 1 aliphatic carbocycles. The second-order valence-corrected chi connectivity index (χ2v) is 7.70. The van der Waals surface area contributed by atoms with Crippen molar-refractivity contribution in [2.24, 2.45) is 0 Å². The first-order valence-electron chi connectivity index (χ1n) is 8.36. The SMILES string of the molecule is CC(CNC(=O)c1csc(COc2ccc(Cl)cc2)n1)N(C)C1CC1. The van der Waals surface area contributed by atoms with Crippen molar-refractivity contribution in [3.63, 3.8) is 0 Å². The number of halogens is 1. The van der Waals surface area contributed by atoms with Crippen LogP contribution >= 0.6 is 22.9 Å². The highest BCUT2D eigenvalue weighted by atomic mass is 35.5. The highest BCUT2D eigenvalue weighted by molar-refractivity contribution is 7.09. The van der Waals surface area contributed by atoms with Crippen LogP contribution in [0.1, 0.15) is 35.3 Å². The molecule has 1 amide bonds. The van der Waals surface area contributed by atoms with Crippen molar-refractivity contribution in [3.05, 3.63) is 45.4 Å². The molecule has 0 aliphatic heterocycles. The van der Waals surface area contributed by atoms with Crippen molar-refractivity contribution in [2.75, 3.05) is 13.6 Å². The van der Waals surface area contributed by atoms with Gasteiger partial charge in [-0.3, -0.25) is 9.69 Å². The predicted octanol–water partition coefficient (Wildman–Crippen LogP) is 3.59. The van der Waals surface area contributed by atoms with Crippen molar-refractivity contribution in [2.45, 2.75) is 38.5 Å². The number of nitrogens with zero attached hydrogens (tertiary/aromatic N) is 2. The zero-order valence-electron chi connectivity index (χ0n) is 14.4. The summed E-state index contributed by atoms with van der Waals surface area (Å²) in [7, 11) is 2.11. The van der Waals surface area contributed by atoms with Crippen LogP contribution in [-0.4, -0.2) is 41.5 Å². The van der Waals surface area contributed by atoms with E-state index in [1.807, 2.05) is 0 Å². The lowest BCUT2D eigenvalue weighted by Crippen LogP contribution is -2.41. The number of hydrogen-bond donors (Lipinski definition) is 1. The Morgan fingerprint density at radius 2 is 2.16 bits per heavy atom. The number of aromatic nitrogens is 1. The van der Waals surface area contributed by atoms with Crippen LogP contribution in [0, 0.1) is 0 Å². The molecule has 1 aromatic heterocycles. The average Bonchev–Trinajstić information content (AvgIpc) is 3.36. The molecule has 1 saturated carbocycles. The fourth-order valence-corrected chi connectivity index (χ4v) is 3.29. The summed E-state index contributed by atoms with van der Waals surface area (Å²) < 4.78 is 5.65. The number of likely N-dealkylation sites (N-methyl/N-ethyl adjacent to an activating group) is 1. The van der Waals surface area contributed by atoms with Gasteiger partial charge in [0.2, 0.25) is 0 Å². The molecule has 0 radical (unpaired) electrons. The third-order valence-corrected chi connectivity index (χ3v) is 5.41. The number of rotatable bonds is 8. The lowest BCUT2D eigenvalue weighted by Gasteiger charge is -2.24. The zero-order chi connectivity index (χ0) is 17.8. The maximum Gasteiger partial charge on any atom is 0.270 e. The van der Waals surface area contributed by atoms with Crippen molar-refractivity contribution < 1.29 is 9.53 Å². The number of thiazole rings is 1. The van der Waals surface area contributed by atoms with Crippen LogP contribution < -0.4 is 10.1 Å². The van der Waals surface area contributed by atoms with E-state index >= 15 is 0 Å². The largest absolute Gasteiger partial charge is 0.486 e. The summed E-state index contributed by atoms with van der Waals surface area (Å²) in [4.78, 5) is 18.9. The van der Waals surface area contributed by atoms with E-state index in [0.29, 0.717) is 36.0 Å². The van der Waals surface area contributed by atoms with E-state index in [2.05, 4.69) is 29.2 Å². The first kappa shape index (κ1) is 18.2. The Kier molecular flexibility index (Phi) is 5.93. The predicted molar refractivity (Wildman–Crippen MR) is 100 cm³/mol. The van der Waals surface area contributed by atoms with Crippen LogP contribution in [0.3, 0.4) is 0 Å². The Morgan fingerprint density at radius 3 is 2.84 bits per heavy atom. The molecule has 5 nitrogen and oxygen atoms in total. The van der Waals surface area contributed by atoms with Crippen molar-refractivity contribution in [1.29, 1.82) is 0 Å². The molecule has 7 heteroatoms. The summed E-state index contributed by atoms with van der Waals surface area (Å²) in [6.07, 6.45) is 2.52. The second kappa shape index (κ2) is 8.17. The average molecular weight is 380 g/mol. The van der Waals surface area contributed by atoms with Gasteiger partial charge in [-0.05, 0) is 51.1 Å². The molecule has 1 aliphatic rings. The number of benzene rings is 1. The summed E-state index contributed by atoms with van der Waals surface area (Å²) in [6.45, 7) is 3.09. The summed E-state index contributed by atoms with van der Waals surface area (Å²) in [5.74, 6) is 0.590. The molecule has 2 aromatic rings. The normalized spacial score (nSPS) is 15.2. The van der Waals surface area contributed by atoms with Gasteiger partial charge in [-0.15, -0.1) is 11.3 Å². The van der Waals surface area contributed by atoms with E-state index < -0.39 is 0 Å². The van der Waals surface area contributed by atoms with Crippen LogP contribution in [-0.2, 0) is 6.61 Å². The van der Waals surface area contributed by atoms with Crippen molar-refractivity contribution in [1.82, 2.24) is 15.2 Å². The molecule has 1 N–H and O–H groups in total. The minimum atomic E-state index is -0.134. The molecule has 1 aromatic carbocycles. The minimum absolute atomic E-state index is 0.134. The van der Waals surface area contributed by atoms with Gasteiger partial charge in [0.05, 0.1) is 0 Å². The summed E-state index contributed by atoms with van der Waals surface area (Å²) in [5.41, 5.74) is 0.445. The van der Waals surface area contributed by atoms with Gasteiger partial charge in [0.25, 0.3) is 5.91 Å². The highest BCUT2D eigenvalue weighted by Gasteiger charge is 2.29. The maximum absolute atomic E-state index is 12.2. The first-order valence-corrected chi connectivity index (χ1v) is 9.61. The molecule has 1 fully saturated rings. The molecule has 134 valence electrons. The Labute approximate surface area is 157 Å². The molecule has 1 heterocycles. The number of ether oxygens (including phenoxy) is 1. The minimum Gasteiger partial charge on any atom is -0.486 e. The van der Waals surface area contributed by atoms with Crippen LogP contribution in [0.15, 0.2) is 29.6 Å². The summed E-state index contributed by atoms with van der Waals surface area (Å²) >= 11 is 7.27. The maximum atomic E-state index is 12.2. The topological polar surface area (TPSA) is 54.5 Å². The molecular formula is C18H22ClN3O2S. The Hall–Kier alpha value is -1.63. The molecule has 3 rings (SSSR count). The molecule has 25 heavy (non-hydrogen) atoms. The molecule has 0 saturated heterocycles. The van der Waals surface area contributed by atoms with Crippen LogP contribution in [0.25, 0.3) is 0 Å². The monoisotopic (exact) mass is 379 g/mol. The standard InChI is InChI=1S/C18H22ClN3O2S/c1-12(22(2)14-5-6-14)9-20-18(23)16-11-25-17(21-16)10-24-15-7-3-13(19)4-8-15/h3-4,7-8,11-12,14H,5-6,9-10H2,1-2H3,(H,20,23). The van der Waals surface area contributed by atoms with Gasteiger partial charge in [0.15, 0.2) is 0 Å². The second-order valence-electron chi connectivity index (χ2n) is 6.32. The van der Waals surface area contributed by atoms with Crippen LogP contribution in [0.5, 0.6) is 5.75 Å². The van der Waals surface area contributed by atoms with E-state index in [0.717, 1.165) is 10.8 Å². The van der Waals surface area contributed by atoms with Gasteiger partial charge in [-0.2, -0.15) is 0 Å². The van der Waals surface area contributed by atoms with E-state index in [-0.39, 0.29) is 5.91 Å². The van der Waals surface area contributed by atoms with Gasteiger partial charge in [-0.25, -0.2) is 4.98 Å². The Bertz CT molecular complexity index is 715. The fourth-order valence-electron chi connectivity index (χ4n) is 2.47. The third kappa shape index (κ3) is 5.17. The van der Waals surface area contributed by atoms with E-state index in [4.69, 9.17) is 16.3 Å². The van der Waals surface area contributed by atoms with Crippen molar-refractivity contribution >= 4 is 28.8 Å². The van der Waals surface area contributed by atoms with Crippen LogP contribution in [0.4, 0.5) is 0 Å². The Morgan fingerprint density at radius 1 is 1.44 bits per heavy atom. The van der Waals surface area contributed by atoms with Crippen molar-refractivity contribution in [3.8, 4) is 5.75 Å². The molecule has 1 unspecified atom stereocenters. The smallest absolute Gasteiger partial charge is 0.270 e. The highest BCUT2D eigenvalue weighted by Crippen LogP contribution is 2.26. The van der Waals surface area contributed by atoms with E-state index in [1.54, 1.807) is 29.6 Å². The lowest BCUT2D eigenvalue weighted by atomic mass is 10.3. The molecular weight excluding hydrogens is 358 g/mol. The van der Waals surface area contributed by atoms with Gasteiger partial charge in [0.1, 0.15) is 23.1 Å². The number of nitrogens with one attached hydrogen (secondary N) is 1. The van der Waals surface area contributed by atoms with Gasteiger partial charge in [0, 0.05) is 29.0 Å². The first-order chi connectivity index (χ1) is 12.0. The third-order valence-electron chi connectivity index (χ3n) is 4.34. The molecule has 1 atom stereocenters. The van der Waals surface area contributed by atoms with E-state index in [1.165, 1.54) is 24.2 Å².